The molecule has 1 unspecified atom stereocenters. The van der Waals surface area contributed by atoms with Gasteiger partial charge in [0.1, 0.15) is 19.3 Å². The van der Waals surface area contributed by atoms with E-state index in [9.17, 15) is 9.59 Å². The molecule has 2 N–H and O–H groups in total. The Morgan fingerprint density at radius 3 is 2.50 bits per heavy atom. The van der Waals surface area contributed by atoms with Crippen LogP contribution in [0.5, 0.6) is 0 Å². The number of esters is 1. The first-order valence-corrected chi connectivity index (χ1v) is 4.71. The summed E-state index contributed by atoms with van der Waals surface area (Å²) >= 11 is 0. The second kappa shape index (κ2) is 7.84. The van der Waals surface area contributed by atoms with Crippen molar-refractivity contribution < 1.29 is 29.3 Å². The average Bonchev–Trinajstić information content (AvgIpc) is 2.25. The van der Waals surface area contributed by atoms with Crippen molar-refractivity contribution in [1.29, 1.82) is 0 Å². The minimum atomic E-state index is -0.989. The van der Waals surface area contributed by atoms with Crippen LogP contribution in [-0.2, 0) is 19.1 Å². The summed E-state index contributed by atoms with van der Waals surface area (Å²) in [5, 5.41) is 17.4. The molecule has 0 amide bonds. The van der Waals surface area contributed by atoms with Crippen LogP contribution < -0.4 is 0 Å². The average molecular weight is 232 g/mol. The summed E-state index contributed by atoms with van der Waals surface area (Å²) in [6, 6.07) is 0. The van der Waals surface area contributed by atoms with Gasteiger partial charge in [-0.05, 0) is 13.8 Å². The van der Waals surface area contributed by atoms with E-state index < -0.39 is 18.7 Å². The standard InChI is InChI=1S/C10H16O6/c1-7(4-15-6-9(13)3-11)10(14)16-5-8(2)12/h4,9,11,13H,3,5-6H2,1-2H3. The monoisotopic (exact) mass is 232 g/mol. The molecule has 0 aromatic heterocycles. The molecule has 0 saturated heterocycles. The number of carbonyl (C=O) groups excluding carboxylic acids is 2. The Balaban J connectivity index is 3.92. The van der Waals surface area contributed by atoms with Crippen molar-refractivity contribution in [2.45, 2.75) is 20.0 Å². The van der Waals surface area contributed by atoms with Gasteiger partial charge in [0.05, 0.1) is 18.4 Å². The zero-order valence-electron chi connectivity index (χ0n) is 9.30. The van der Waals surface area contributed by atoms with E-state index in [1.807, 2.05) is 0 Å². The Hall–Kier alpha value is -1.40. The molecule has 6 nitrogen and oxygen atoms in total. The van der Waals surface area contributed by atoms with Crippen LogP contribution in [0.3, 0.4) is 0 Å². The first-order valence-electron chi connectivity index (χ1n) is 4.71. The maximum atomic E-state index is 11.2. The SMILES string of the molecule is CC(=O)COC(=O)C(C)=COCC(O)CO. The van der Waals surface area contributed by atoms with Crippen molar-refractivity contribution in [3.63, 3.8) is 0 Å². The quantitative estimate of drug-likeness (QED) is 0.345. The van der Waals surface area contributed by atoms with Crippen molar-refractivity contribution in [2.24, 2.45) is 0 Å². The van der Waals surface area contributed by atoms with Gasteiger partial charge in [-0.2, -0.15) is 0 Å². The highest BCUT2D eigenvalue weighted by atomic mass is 16.5. The molecule has 0 spiro atoms. The molecule has 0 bridgehead atoms. The number of ether oxygens (including phenoxy) is 2. The normalized spacial score (nSPS) is 13.1. The molecule has 0 aromatic rings. The summed E-state index contributed by atoms with van der Waals surface area (Å²) in [5.74, 6) is -0.911. The summed E-state index contributed by atoms with van der Waals surface area (Å²) in [7, 11) is 0. The van der Waals surface area contributed by atoms with E-state index in [4.69, 9.17) is 14.9 Å². The lowest BCUT2D eigenvalue weighted by atomic mass is 10.3. The van der Waals surface area contributed by atoms with Crippen molar-refractivity contribution in [3.05, 3.63) is 11.8 Å². The molecular formula is C10H16O6. The van der Waals surface area contributed by atoms with Gasteiger partial charge in [0, 0.05) is 0 Å². The number of aliphatic hydroxyl groups excluding tert-OH is 2. The molecule has 0 aliphatic heterocycles. The second-order valence-corrected chi connectivity index (χ2v) is 3.25. The van der Waals surface area contributed by atoms with Gasteiger partial charge in [0.15, 0.2) is 5.78 Å². The lowest BCUT2D eigenvalue weighted by Gasteiger charge is -2.07. The number of rotatable bonds is 7. The maximum Gasteiger partial charge on any atom is 0.337 e. The van der Waals surface area contributed by atoms with Crippen LogP contribution in [0, 0.1) is 0 Å². The van der Waals surface area contributed by atoms with Gasteiger partial charge in [-0.25, -0.2) is 4.79 Å². The number of ketones is 1. The van der Waals surface area contributed by atoms with Crippen molar-refractivity contribution in [3.8, 4) is 0 Å². The number of Topliss-reactive ketones (excluding diaryl/α,β-unsaturated/α-hetero) is 1. The van der Waals surface area contributed by atoms with E-state index >= 15 is 0 Å². The highest BCUT2D eigenvalue weighted by molar-refractivity contribution is 5.89. The van der Waals surface area contributed by atoms with Crippen LogP contribution in [-0.4, -0.2) is 47.9 Å². The first kappa shape index (κ1) is 14.6. The van der Waals surface area contributed by atoms with Gasteiger partial charge in [0.25, 0.3) is 0 Å². The predicted molar refractivity (Wildman–Crippen MR) is 54.4 cm³/mol. The minimum absolute atomic E-state index is 0.117. The number of carbonyl (C=O) groups is 2. The molecule has 1 atom stereocenters. The van der Waals surface area contributed by atoms with E-state index in [1.54, 1.807) is 0 Å². The molecule has 0 rings (SSSR count). The van der Waals surface area contributed by atoms with Gasteiger partial charge in [-0.3, -0.25) is 4.79 Å². The van der Waals surface area contributed by atoms with Crippen molar-refractivity contribution in [2.75, 3.05) is 19.8 Å². The summed E-state index contributed by atoms with van der Waals surface area (Å²) in [6.07, 6.45) is 0.124. The number of hydrogen-bond acceptors (Lipinski definition) is 6. The molecule has 0 aliphatic rings. The molecule has 0 aliphatic carbocycles. The van der Waals surface area contributed by atoms with E-state index in [2.05, 4.69) is 4.74 Å². The minimum Gasteiger partial charge on any atom is -0.498 e. The van der Waals surface area contributed by atoms with Crippen molar-refractivity contribution >= 4 is 11.8 Å². The van der Waals surface area contributed by atoms with Crippen LogP contribution >= 0.6 is 0 Å². The maximum absolute atomic E-state index is 11.2. The summed E-state index contributed by atoms with van der Waals surface area (Å²) in [6.45, 7) is 1.95. The molecule has 0 radical (unpaired) electrons. The predicted octanol–water partition coefficient (Wildman–Crippen LogP) is -0.608. The Morgan fingerprint density at radius 1 is 1.38 bits per heavy atom. The largest absolute Gasteiger partial charge is 0.498 e. The van der Waals surface area contributed by atoms with E-state index in [-0.39, 0.29) is 24.6 Å². The molecule has 6 heteroatoms. The second-order valence-electron chi connectivity index (χ2n) is 3.25. The van der Waals surface area contributed by atoms with Gasteiger partial charge in [-0.1, -0.05) is 0 Å². The highest BCUT2D eigenvalue weighted by Gasteiger charge is 2.08. The topological polar surface area (TPSA) is 93.1 Å². The fraction of sp³-hybridized carbons (Fsp3) is 0.600. The lowest BCUT2D eigenvalue weighted by molar-refractivity contribution is -0.143. The smallest absolute Gasteiger partial charge is 0.337 e. The first-order chi connectivity index (χ1) is 7.47. The Morgan fingerprint density at radius 2 is 2.00 bits per heavy atom. The third kappa shape index (κ3) is 6.97. The van der Waals surface area contributed by atoms with Crippen LogP contribution in [0.4, 0.5) is 0 Å². The van der Waals surface area contributed by atoms with Gasteiger partial charge in [-0.15, -0.1) is 0 Å². The van der Waals surface area contributed by atoms with E-state index in [0.717, 1.165) is 6.26 Å². The Labute approximate surface area is 93.5 Å². The van der Waals surface area contributed by atoms with E-state index in [1.165, 1.54) is 13.8 Å². The van der Waals surface area contributed by atoms with E-state index in [0.29, 0.717) is 0 Å². The van der Waals surface area contributed by atoms with Gasteiger partial charge < -0.3 is 19.7 Å². The summed E-state index contributed by atoms with van der Waals surface area (Å²) < 4.78 is 9.42. The zero-order valence-corrected chi connectivity index (χ0v) is 9.30. The third-order valence-electron chi connectivity index (χ3n) is 1.49. The van der Waals surface area contributed by atoms with Crippen LogP contribution in [0.15, 0.2) is 11.8 Å². The molecule has 0 heterocycles. The fourth-order valence-electron chi connectivity index (χ4n) is 0.666. The fourth-order valence-corrected chi connectivity index (χ4v) is 0.666. The molecule has 92 valence electrons. The zero-order chi connectivity index (χ0) is 12.6. The van der Waals surface area contributed by atoms with Gasteiger partial charge >= 0.3 is 5.97 Å². The highest BCUT2D eigenvalue weighted by Crippen LogP contribution is 1.98. The Kier molecular flexibility index (Phi) is 7.15. The third-order valence-corrected chi connectivity index (χ3v) is 1.49. The number of aliphatic hydroxyl groups is 2. The molecular weight excluding hydrogens is 216 g/mol. The van der Waals surface area contributed by atoms with Crippen LogP contribution in [0.1, 0.15) is 13.8 Å². The molecule has 0 fully saturated rings. The summed E-state index contributed by atoms with van der Waals surface area (Å²) in [4.78, 5) is 21.7. The molecule has 0 aromatic carbocycles. The molecule has 16 heavy (non-hydrogen) atoms. The van der Waals surface area contributed by atoms with Crippen LogP contribution in [0.25, 0.3) is 0 Å². The lowest BCUT2D eigenvalue weighted by Crippen LogP contribution is -2.18. The van der Waals surface area contributed by atoms with Gasteiger partial charge in [0.2, 0.25) is 0 Å². The Bertz CT molecular complexity index is 270. The number of hydrogen-bond donors (Lipinski definition) is 2. The molecule has 0 saturated carbocycles. The van der Waals surface area contributed by atoms with Crippen molar-refractivity contribution in [1.82, 2.24) is 0 Å². The van der Waals surface area contributed by atoms with Crippen LogP contribution in [0.2, 0.25) is 0 Å². The summed E-state index contributed by atoms with van der Waals surface area (Å²) in [5.41, 5.74) is 0.173.